The molecule has 2 rings (SSSR count). The van der Waals surface area contributed by atoms with Crippen LogP contribution < -0.4 is 5.32 Å². The summed E-state index contributed by atoms with van der Waals surface area (Å²) >= 11 is 0. The van der Waals surface area contributed by atoms with Gasteiger partial charge in [-0.1, -0.05) is 24.3 Å². The van der Waals surface area contributed by atoms with Crippen molar-refractivity contribution in [1.29, 1.82) is 0 Å². The van der Waals surface area contributed by atoms with E-state index < -0.39 is 0 Å². The minimum absolute atomic E-state index is 0.0389. The number of hydrogen-bond acceptors (Lipinski definition) is 1. The van der Waals surface area contributed by atoms with Crippen molar-refractivity contribution in [1.82, 2.24) is 5.32 Å². The number of carbonyl (C=O) groups excluding carboxylic acids is 1. The first-order valence-electron chi connectivity index (χ1n) is 5.39. The number of carbonyl (C=O) groups is 1. The number of rotatable bonds is 0. The molecule has 1 amide bonds. The topological polar surface area (TPSA) is 29.1 Å². The predicted molar refractivity (Wildman–Crippen MR) is 60.8 cm³/mol. The molecule has 0 saturated heterocycles. The lowest BCUT2D eigenvalue weighted by Crippen LogP contribution is -2.44. The predicted octanol–water partition coefficient (Wildman–Crippen LogP) is 2.24. The Balaban J connectivity index is 2.51. The number of hydrogen-bond donors (Lipinski definition) is 1. The summed E-state index contributed by atoms with van der Waals surface area (Å²) in [7, 11) is 0. The highest BCUT2D eigenvalue weighted by atomic mass is 16.2. The summed E-state index contributed by atoms with van der Waals surface area (Å²) in [5.74, 6) is 0.0907. The monoisotopic (exact) mass is 203 g/mol. The highest BCUT2D eigenvalue weighted by Crippen LogP contribution is 2.27. The van der Waals surface area contributed by atoms with E-state index in [0.29, 0.717) is 0 Å². The molecule has 0 fully saturated rings. The quantitative estimate of drug-likeness (QED) is 0.688. The first kappa shape index (κ1) is 10.2. The van der Waals surface area contributed by atoms with Gasteiger partial charge < -0.3 is 5.32 Å². The van der Waals surface area contributed by atoms with Gasteiger partial charge in [-0.25, -0.2) is 0 Å². The lowest BCUT2D eigenvalue weighted by atomic mass is 9.91. The van der Waals surface area contributed by atoms with Crippen molar-refractivity contribution in [2.24, 2.45) is 0 Å². The molecular formula is C13H17NO. The molecule has 1 aromatic rings. The Bertz CT molecular complexity index is 395. The van der Waals surface area contributed by atoms with Crippen LogP contribution in [0.5, 0.6) is 0 Å². The molecule has 2 nitrogen and oxygen atoms in total. The fourth-order valence-corrected chi connectivity index (χ4v) is 2.22. The summed E-state index contributed by atoms with van der Waals surface area (Å²) in [6.07, 6.45) is 0.902. The average molecular weight is 203 g/mol. The van der Waals surface area contributed by atoms with Gasteiger partial charge in [0.15, 0.2) is 0 Å². The van der Waals surface area contributed by atoms with Crippen LogP contribution in [0.3, 0.4) is 0 Å². The third-order valence-corrected chi connectivity index (χ3v) is 3.01. The van der Waals surface area contributed by atoms with Crippen LogP contribution in [0.1, 0.15) is 37.8 Å². The molecule has 0 aromatic heterocycles. The Morgan fingerprint density at radius 3 is 2.73 bits per heavy atom. The molecule has 1 aliphatic heterocycles. The normalized spacial score (nSPS) is 23.9. The van der Waals surface area contributed by atoms with E-state index in [1.54, 1.807) is 0 Å². The summed E-state index contributed by atoms with van der Waals surface area (Å²) in [6, 6.07) is 8.22. The molecule has 1 atom stereocenters. The molecule has 1 aromatic carbocycles. The van der Waals surface area contributed by atoms with Gasteiger partial charge in [-0.2, -0.15) is 0 Å². The average Bonchev–Trinajstić information content (AvgIpc) is 2.23. The van der Waals surface area contributed by atoms with Crippen LogP contribution in [0.25, 0.3) is 0 Å². The Labute approximate surface area is 90.7 Å². The second-order valence-electron chi connectivity index (χ2n) is 4.97. The van der Waals surface area contributed by atoms with E-state index in [1.165, 1.54) is 11.1 Å². The molecule has 0 saturated carbocycles. The molecule has 2 heteroatoms. The molecule has 1 aliphatic rings. The van der Waals surface area contributed by atoms with Crippen LogP contribution in [0.15, 0.2) is 24.3 Å². The number of nitrogens with one attached hydrogen (secondary N) is 1. The smallest absolute Gasteiger partial charge is 0.227 e. The summed E-state index contributed by atoms with van der Waals surface area (Å²) in [5, 5.41) is 3.08. The number of benzene rings is 1. The molecule has 0 radical (unpaired) electrons. The summed E-state index contributed by atoms with van der Waals surface area (Å²) < 4.78 is 0. The molecule has 1 unspecified atom stereocenters. The van der Waals surface area contributed by atoms with Gasteiger partial charge in [0.25, 0.3) is 0 Å². The molecule has 0 spiro atoms. The first-order chi connectivity index (χ1) is 6.99. The van der Waals surface area contributed by atoms with Crippen LogP contribution in [0, 0.1) is 0 Å². The number of fused-ring (bicyclic) bond motifs is 1. The van der Waals surface area contributed by atoms with Crippen molar-refractivity contribution in [2.45, 2.75) is 38.6 Å². The van der Waals surface area contributed by atoms with E-state index >= 15 is 0 Å². The van der Waals surface area contributed by atoms with Crippen LogP contribution in [0.4, 0.5) is 0 Å². The zero-order chi connectivity index (χ0) is 11.1. The summed E-state index contributed by atoms with van der Waals surface area (Å²) in [6.45, 7) is 6.11. The number of amides is 1. The molecule has 1 heterocycles. The van der Waals surface area contributed by atoms with E-state index in [4.69, 9.17) is 0 Å². The van der Waals surface area contributed by atoms with Gasteiger partial charge in [-0.15, -0.1) is 0 Å². The molecule has 0 bridgehead atoms. The van der Waals surface area contributed by atoms with E-state index in [2.05, 4.69) is 31.3 Å². The Kier molecular flexibility index (Phi) is 2.29. The fourth-order valence-electron chi connectivity index (χ4n) is 2.22. The largest absolute Gasteiger partial charge is 0.350 e. The second kappa shape index (κ2) is 3.37. The van der Waals surface area contributed by atoms with E-state index in [0.717, 1.165) is 6.42 Å². The van der Waals surface area contributed by atoms with Gasteiger partial charge >= 0.3 is 0 Å². The molecule has 80 valence electrons. The zero-order valence-corrected chi connectivity index (χ0v) is 9.50. The lowest BCUT2D eigenvalue weighted by molar-refractivity contribution is -0.123. The minimum atomic E-state index is -0.141. The zero-order valence-electron chi connectivity index (χ0n) is 9.50. The van der Waals surface area contributed by atoms with E-state index in [1.807, 2.05) is 19.1 Å². The van der Waals surface area contributed by atoms with Crippen LogP contribution in [0.2, 0.25) is 0 Å². The maximum Gasteiger partial charge on any atom is 0.227 e. The van der Waals surface area contributed by atoms with Gasteiger partial charge in [0.1, 0.15) is 0 Å². The highest BCUT2D eigenvalue weighted by Gasteiger charge is 2.30. The van der Waals surface area contributed by atoms with Crippen molar-refractivity contribution in [2.75, 3.05) is 0 Å². The Morgan fingerprint density at radius 1 is 1.33 bits per heavy atom. The van der Waals surface area contributed by atoms with Crippen LogP contribution in [-0.4, -0.2) is 11.4 Å². The van der Waals surface area contributed by atoms with E-state index in [9.17, 15) is 4.79 Å². The maximum atomic E-state index is 11.9. The third-order valence-electron chi connectivity index (χ3n) is 3.01. The van der Waals surface area contributed by atoms with Crippen LogP contribution >= 0.6 is 0 Å². The van der Waals surface area contributed by atoms with Crippen molar-refractivity contribution in [3.05, 3.63) is 35.4 Å². The molecular weight excluding hydrogens is 186 g/mol. The highest BCUT2D eigenvalue weighted by molar-refractivity contribution is 5.85. The maximum absolute atomic E-state index is 11.9. The van der Waals surface area contributed by atoms with Gasteiger partial charge in [-0.3, -0.25) is 4.79 Å². The Hall–Kier alpha value is -1.31. The molecule has 0 aliphatic carbocycles. The summed E-state index contributed by atoms with van der Waals surface area (Å²) in [4.78, 5) is 11.9. The first-order valence-corrected chi connectivity index (χ1v) is 5.39. The van der Waals surface area contributed by atoms with Crippen molar-refractivity contribution in [3.63, 3.8) is 0 Å². The minimum Gasteiger partial charge on any atom is -0.350 e. The molecule has 15 heavy (non-hydrogen) atoms. The van der Waals surface area contributed by atoms with E-state index in [-0.39, 0.29) is 17.4 Å². The van der Waals surface area contributed by atoms with Crippen molar-refractivity contribution in [3.8, 4) is 0 Å². The third kappa shape index (κ3) is 1.89. The SMILES string of the molecule is CC1C(=O)NC(C)(C)Cc2ccccc21. The molecule has 1 N–H and O–H groups in total. The van der Waals surface area contributed by atoms with Crippen LogP contribution in [-0.2, 0) is 11.2 Å². The summed E-state index contributed by atoms with van der Waals surface area (Å²) in [5.41, 5.74) is 2.31. The van der Waals surface area contributed by atoms with Gasteiger partial charge in [0, 0.05) is 5.54 Å². The Morgan fingerprint density at radius 2 is 2.00 bits per heavy atom. The second-order valence-corrected chi connectivity index (χ2v) is 4.97. The van der Waals surface area contributed by atoms with Crippen molar-refractivity contribution < 1.29 is 4.79 Å². The van der Waals surface area contributed by atoms with Gasteiger partial charge in [0.2, 0.25) is 5.91 Å². The fraction of sp³-hybridized carbons (Fsp3) is 0.462. The van der Waals surface area contributed by atoms with Gasteiger partial charge in [0.05, 0.1) is 5.92 Å². The van der Waals surface area contributed by atoms with Gasteiger partial charge in [-0.05, 0) is 38.3 Å². The lowest BCUT2D eigenvalue weighted by Gasteiger charge is -2.24. The standard InChI is InChI=1S/C13H17NO/c1-9-11-7-5-4-6-10(11)8-13(2,3)14-12(9)15/h4-7,9H,8H2,1-3H3,(H,14,15). The van der Waals surface area contributed by atoms with Crippen molar-refractivity contribution >= 4 is 5.91 Å².